The number of rotatable bonds is 5. The van der Waals surface area contributed by atoms with Gasteiger partial charge in [-0.3, -0.25) is 4.79 Å². The number of aromatic nitrogens is 4. The van der Waals surface area contributed by atoms with Gasteiger partial charge in [-0.05, 0) is 61.9 Å². The molecule has 2 aromatic carbocycles. The molecule has 8 heteroatoms. The van der Waals surface area contributed by atoms with Gasteiger partial charge in [0.25, 0.3) is 5.91 Å². The van der Waals surface area contributed by atoms with Crippen LogP contribution < -0.4 is 14.8 Å². The number of methoxy groups -OCH3 is 1. The van der Waals surface area contributed by atoms with E-state index in [2.05, 4.69) is 20.4 Å². The zero-order valence-corrected chi connectivity index (χ0v) is 18.1. The van der Waals surface area contributed by atoms with Gasteiger partial charge >= 0.3 is 0 Å². The predicted molar refractivity (Wildman–Crippen MR) is 119 cm³/mol. The average Bonchev–Trinajstić information content (AvgIpc) is 3.40. The fourth-order valence-corrected chi connectivity index (χ4v) is 3.82. The molecule has 1 aliphatic heterocycles. The van der Waals surface area contributed by atoms with Gasteiger partial charge < -0.3 is 14.8 Å². The first-order valence-electron chi connectivity index (χ1n) is 10.5. The SMILES string of the molecule is COc1ccc(-c2cc3nc([C@@H](C)NC(=O)c4ccc5c(c4)C[C@@H](C)O5)nn3cn2)cc1. The van der Waals surface area contributed by atoms with Crippen LogP contribution in [0.2, 0.25) is 0 Å². The molecule has 1 N–H and O–H groups in total. The molecule has 8 nitrogen and oxygen atoms in total. The molecule has 1 amide bonds. The van der Waals surface area contributed by atoms with E-state index < -0.39 is 0 Å². The highest BCUT2D eigenvalue weighted by Gasteiger charge is 2.22. The first-order valence-corrected chi connectivity index (χ1v) is 10.5. The first kappa shape index (κ1) is 20.0. The molecule has 162 valence electrons. The Morgan fingerprint density at radius 3 is 2.81 bits per heavy atom. The molecular formula is C24H23N5O3. The van der Waals surface area contributed by atoms with Crippen LogP contribution in [-0.2, 0) is 6.42 Å². The number of nitrogens with one attached hydrogen (secondary N) is 1. The predicted octanol–water partition coefficient (Wildman–Crippen LogP) is 3.61. The van der Waals surface area contributed by atoms with Crippen molar-refractivity contribution in [3.63, 3.8) is 0 Å². The maximum atomic E-state index is 12.8. The fraction of sp³-hybridized carbons (Fsp3) is 0.250. The monoisotopic (exact) mass is 429 g/mol. The topological polar surface area (TPSA) is 90.6 Å². The summed E-state index contributed by atoms with van der Waals surface area (Å²) in [5.74, 6) is 1.99. The molecule has 0 spiro atoms. The summed E-state index contributed by atoms with van der Waals surface area (Å²) in [4.78, 5) is 21.9. The highest BCUT2D eigenvalue weighted by molar-refractivity contribution is 5.94. The summed E-state index contributed by atoms with van der Waals surface area (Å²) in [6.45, 7) is 3.88. The molecule has 0 saturated carbocycles. The standard InChI is InChI=1S/C24H23N5O3/c1-14-10-18-11-17(6-9-21(18)32-14)24(30)26-15(2)23-27-22-12-20(25-13-29(22)28-23)16-4-7-19(31-3)8-5-16/h4-9,11-15H,10H2,1-3H3,(H,26,30)/t14-,15-/m1/s1. The number of ether oxygens (including phenoxy) is 2. The van der Waals surface area contributed by atoms with Gasteiger partial charge in [-0.15, -0.1) is 5.10 Å². The highest BCUT2D eigenvalue weighted by Crippen LogP contribution is 2.29. The molecule has 2 aromatic heterocycles. The van der Waals surface area contributed by atoms with Crippen molar-refractivity contribution in [1.82, 2.24) is 24.9 Å². The van der Waals surface area contributed by atoms with E-state index in [9.17, 15) is 4.79 Å². The molecule has 3 heterocycles. The Balaban J connectivity index is 1.34. The molecule has 0 fully saturated rings. The summed E-state index contributed by atoms with van der Waals surface area (Å²) in [6.07, 6.45) is 2.58. The lowest BCUT2D eigenvalue weighted by molar-refractivity contribution is 0.0938. The lowest BCUT2D eigenvalue weighted by atomic mass is 10.1. The van der Waals surface area contributed by atoms with Crippen LogP contribution >= 0.6 is 0 Å². The minimum Gasteiger partial charge on any atom is -0.497 e. The summed E-state index contributed by atoms with van der Waals surface area (Å²) >= 11 is 0. The van der Waals surface area contributed by atoms with Gasteiger partial charge in [0.05, 0.1) is 18.8 Å². The van der Waals surface area contributed by atoms with E-state index in [1.807, 2.05) is 56.3 Å². The van der Waals surface area contributed by atoms with Gasteiger partial charge in [0.15, 0.2) is 11.5 Å². The molecule has 5 rings (SSSR count). The Hall–Kier alpha value is -3.94. The van der Waals surface area contributed by atoms with Gasteiger partial charge in [0.2, 0.25) is 0 Å². The van der Waals surface area contributed by atoms with Crippen LogP contribution in [0.5, 0.6) is 11.5 Å². The average molecular weight is 429 g/mol. The minimum absolute atomic E-state index is 0.140. The number of amides is 1. The summed E-state index contributed by atoms with van der Waals surface area (Å²) in [6, 6.07) is 14.7. The van der Waals surface area contributed by atoms with Crippen molar-refractivity contribution in [3.8, 4) is 22.8 Å². The lowest BCUT2D eigenvalue weighted by Crippen LogP contribution is -2.27. The maximum absolute atomic E-state index is 12.8. The zero-order chi connectivity index (χ0) is 22.2. The van der Waals surface area contributed by atoms with Gasteiger partial charge in [-0.2, -0.15) is 0 Å². The first-order chi connectivity index (χ1) is 15.5. The van der Waals surface area contributed by atoms with Crippen LogP contribution in [0.3, 0.4) is 0 Å². The third-order valence-electron chi connectivity index (χ3n) is 5.52. The molecule has 0 radical (unpaired) electrons. The highest BCUT2D eigenvalue weighted by atomic mass is 16.5. The van der Waals surface area contributed by atoms with Crippen LogP contribution in [0.15, 0.2) is 54.9 Å². The van der Waals surface area contributed by atoms with Crippen LogP contribution in [-0.4, -0.2) is 38.7 Å². The van der Waals surface area contributed by atoms with E-state index in [0.29, 0.717) is 17.0 Å². The fourth-order valence-electron chi connectivity index (χ4n) is 3.82. The number of fused-ring (bicyclic) bond motifs is 2. The van der Waals surface area contributed by atoms with E-state index in [-0.39, 0.29) is 18.1 Å². The second-order valence-electron chi connectivity index (χ2n) is 7.93. The Kier molecular flexibility index (Phi) is 4.97. The summed E-state index contributed by atoms with van der Waals surface area (Å²) in [7, 11) is 1.64. The Morgan fingerprint density at radius 1 is 1.22 bits per heavy atom. The molecule has 0 aliphatic carbocycles. The van der Waals surface area contributed by atoms with Crippen molar-refractivity contribution in [2.45, 2.75) is 32.4 Å². The largest absolute Gasteiger partial charge is 0.497 e. The molecule has 1 aliphatic rings. The van der Waals surface area contributed by atoms with E-state index in [1.165, 1.54) is 0 Å². The van der Waals surface area contributed by atoms with Crippen molar-refractivity contribution >= 4 is 11.6 Å². The van der Waals surface area contributed by atoms with Crippen LogP contribution in [0, 0.1) is 0 Å². The zero-order valence-electron chi connectivity index (χ0n) is 18.1. The Labute approximate surface area is 185 Å². The Bertz CT molecular complexity index is 1300. The number of hydrogen-bond acceptors (Lipinski definition) is 6. The normalized spacial score (nSPS) is 15.8. The van der Waals surface area contributed by atoms with Gasteiger partial charge in [-0.1, -0.05) is 0 Å². The summed E-state index contributed by atoms with van der Waals surface area (Å²) in [5, 5.41) is 7.46. The third kappa shape index (κ3) is 3.75. The lowest BCUT2D eigenvalue weighted by Gasteiger charge is -2.11. The third-order valence-corrected chi connectivity index (χ3v) is 5.52. The molecule has 0 unspecified atom stereocenters. The summed E-state index contributed by atoms with van der Waals surface area (Å²) in [5.41, 5.74) is 4.05. The smallest absolute Gasteiger partial charge is 0.251 e. The Morgan fingerprint density at radius 2 is 2.03 bits per heavy atom. The number of hydrogen-bond donors (Lipinski definition) is 1. The van der Waals surface area contributed by atoms with Gasteiger partial charge in [0.1, 0.15) is 23.9 Å². The molecule has 2 atom stereocenters. The van der Waals surface area contributed by atoms with Crippen molar-refractivity contribution in [2.24, 2.45) is 0 Å². The number of carbonyl (C=O) groups excluding carboxylic acids is 1. The molecule has 0 saturated heterocycles. The van der Waals surface area contributed by atoms with Crippen LogP contribution in [0.4, 0.5) is 0 Å². The van der Waals surface area contributed by atoms with Crippen LogP contribution in [0.25, 0.3) is 16.9 Å². The number of benzene rings is 2. The van der Waals surface area contributed by atoms with Crippen molar-refractivity contribution in [3.05, 3.63) is 71.8 Å². The minimum atomic E-state index is -0.365. The molecule has 4 aromatic rings. The van der Waals surface area contributed by atoms with Crippen LogP contribution in [0.1, 0.15) is 41.6 Å². The van der Waals surface area contributed by atoms with Crippen molar-refractivity contribution < 1.29 is 14.3 Å². The van der Waals surface area contributed by atoms with Crippen molar-refractivity contribution in [2.75, 3.05) is 7.11 Å². The number of carbonyl (C=O) groups is 1. The number of nitrogens with zero attached hydrogens (tertiary/aromatic N) is 4. The quantitative estimate of drug-likeness (QED) is 0.521. The van der Waals surface area contributed by atoms with Crippen molar-refractivity contribution in [1.29, 1.82) is 0 Å². The molecular weight excluding hydrogens is 406 g/mol. The van der Waals surface area contributed by atoms with E-state index in [1.54, 1.807) is 24.0 Å². The summed E-state index contributed by atoms with van der Waals surface area (Å²) < 4.78 is 12.5. The van der Waals surface area contributed by atoms with Gasteiger partial charge in [0, 0.05) is 23.6 Å². The van der Waals surface area contributed by atoms with E-state index >= 15 is 0 Å². The second-order valence-corrected chi connectivity index (χ2v) is 7.93. The second kappa shape index (κ2) is 7.96. The molecule has 32 heavy (non-hydrogen) atoms. The maximum Gasteiger partial charge on any atom is 0.251 e. The van der Waals surface area contributed by atoms with Gasteiger partial charge in [-0.25, -0.2) is 14.5 Å². The van der Waals surface area contributed by atoms with E-state index in [0.717, 1.165) is 34.7 Å². The molecule has 0 bridgehead atoms. The van der Waals surface area contributed by atoms with E-state index in [4.69, 9.17) is 9.47 Å².